The number of amides is 1. The number of hydrogen-bond acceptors (Lipinski definition) is 8. The van der Waals surface area contributed by atoms with Gasteiger partial charge in [-0.15, -0.1) is 0 Å². The van der Waals surface area contributed by atoms with Crippen LogP contribution in [0, 0.1) is 29.6 Å². The largest absolute Gasteiger partial charge is 0.489 e. The molecule has 0 spiro atoms. The summed E-state index contributed by atoms with van der Waals surface area (Å²) in [6, 6.07) is 17.1. The van der Waals surface area contributed by atoms with Crippen molar-refractivity contribution in [3.63, 3.8) is 0 Å². The van der Waals surface area contributed by atoms with Gasteiger partial charge in [0.05, 0.1) is 30.5 Å². The highest BCUT2D eigenvalue weighted by molar-refractivity contribution is 5.91. The van der Waals surface area contributed by atoms with Gasteiger partial charge in [-0.05, 0) is 42.3 Å². The van der Waals surface area contributed by atoms with E-state index in [-0.39, 0.29) is 38.1 Å². The van der Waals surface area contributed by atoms with Crippen LogP contribution < -0.4 is 10.4 Å². The molecule has 0 saturated carbocycles. The van der Waals surface area contributed by atoms with E-state index in [2.05, 4.69) is 0 Å². The molecule has 0 N–H and O–H groups in total. The minimum absolute atomic E-state index is 0.127. The number of carbonyl (C=O) groups excluding carboxylic acids is 2. The quantitative estimate of drug-likeness (QED) is 0.323. The van der Waals surface area contributed by atoms with Crippen molar-refractivity contribution in [2.24, 2.45) is 0 Å². The Kier molecular flexibility index (Phi) is 8.58. The molecule has 178 valence electrons. The maximum Gasteiger partial charge on any atom is 0.338 e. The Morgan fingerprint density at radius 2 is 1.69 bits per heavy atom. The molecule has 0 atom stereocenters. The highest BCUT2D eigenvalue weighted by atomic mass is 16.5. The molecule has 2 aromatic carbocycles. The Labute approximate surface area is 201 Å². The average molecular weight is 473 g/mol. The average Bonchev–Trinajstić information content (AvgIpc) is 2.86. The molecule has 1 aromatic heterocycles. The molecule has 0 fully saturated rings. The van der Waals surface area contributed by atoms with Crippen molar-refractivity contribution >= 4 is 22.8 Å². The monoisotopic (exact) mass is 473 g/mol. The first-order valence-electron chi connectivity index (χ1n) is 10.9. The summed E-state index contributed by atoms with van der Waals surface area (Å²) in [7, 11) is 0. The van der Waals surface area contributed by atoms with Crippen molar-refractivity contribution in [1.82, 2.24) is 4.90 Å². The molecule has 9 heteroatoms. The molecule has 0 unspecified atom stereocenters. The zero-order valence-corrected chi connectivity index (χ0v) is 19.2. The maximum absolute atomic E-state index is 12.3. The number of carbonyl (C=O) groups is 2. The number of esters is 1. The molecule has 9 nitrogen and oxygen atoms in total. The van der Waals surface area contributed by atoms with Gasteiger partial charge in [0.1, 0.15) is 17.9 Å². The second-order valence-corrected chi connectivity index (χ2v) is 7.67. The Morgan fingerprint density at radius 1 is 1.00 bits per heavy atom. The second-order valence-electron chi connectivity index (χ2n) is 7.67. The fourth-order valence-electron chi connectivity index (χ4n) is 3.33. The van der Waals surface area contributed by atoms with Crippen molar-refractivity contribution in [2.75, 3.05) is 19.7 Å². The molecule has 0 bridgehead atoms. The summed E-state index contributed by atoms with van der Waals surface area (Å²) in [5.74, 6) is -0.591. The lowest BCUT2D eigenvalue weighted by atomic mass is 10.1. The third-order valence-corrected chi connectivity index (χ3v) is 5.18. The number of fused-ring (bicyclic) bond motifs is 1. The van der Waals surface area contributed by atoms with Crippen LogP contribution in [0.25, 0.3) is 11.0 Å². The van der Waals surface area contributed by atoms with Crippen LogP contribution in [0.3, 0.4) is 0 Å². The van der Waals surface area contributed by atoms with E-state index in [1.54, 1.807) is 36.4 Å². The molecule has 0 radical (unpaired) electrons. The zero-order chi connectivity index (χ0) is 25.2. The van der Waals surface area contributed by atoms with Gasteiger partial charge in [-0.1, -0.05) is 12.1 Å². The molecular weight excluding hydrogens is 450 g/mol. The minimum atomic E-state index is -0.661. The zero-order valence-electron chi connectivity index (χ0n) is 19.2. The lowest BCUT2D eigenvalue weighted by Gasteiger charge is -2.20. The van der Waals surface area contributed by atoms with Gasteiger partial charge in [0.15, 0.2) is 6.61 Å². The standard InChI is InChI=1S/C26H23N3O6/c1-18-14-25(31)35-23-15-21(8-9-22(18)23)33-16-19-4-6-20(7-5-19)26(32)34-17-24(30)29(12-2-10-27)13-3-11-28/h4-9,14-15H,2-3,12-13,16-17H2,1H3. The molecule has 1 heterocycles. The van der Waals surface area contributed by atoms with Crippen molar-refractivity contribution in [1.29, 1.82) is 10.5 Å². The number of aryl methyl sites for hydroxylation is 1. The number of nitrogens with zero attached hydrogens (tertiary/aromatic N) is 3. The summed E-state index contributed by atoms with van der Waals surface area (Å²) < 4.78 is 16.1. The van der Waals surface area contributed by atoms with Gasteiger partial charge >= 0.3 is 11.6 Å². The summed E-state index contributed by atoms with van der Waals surface area (Å²) >= 11 is 0. The highest BCUT2D eigenvalue weighted by Crippen LogP contribution is 2.23. The summed E-state index contributed by atoms with van der Waals surface area (Å²) in [5, 5.41) is 18.3. The van der Waals surface area contributed by atoms with E-state index in [1.807, 2.05) is 25.1 Å². The smallest absolute Gasteiger partial charge is 0.338 e. The van der Waals surface area contributed by atoms with E-state index in [9.17, 15) is 14.4 Å². The maximum atomic E-state index is 12.3. The van der Waals surface area contributed by atoms with E-state index in [0.717, 1.165) is 16.5 Å². The van der Waals surface area contributed by atoms with Crippen LogP contribution in [0.5, 0.6) is 5.75 Å². The molecule has 0 saturated heterocycles. The topological polar surface area (TPSA) is 134 Å². The molecule has 3 aromatic rings. The lowest BCUT2D eigenvalue weighted by Crippen LogP contribution is -2.36. The van der Waals surface area contributed by atoms with Gasteiger partial charge in [0.2, 0.25) is 0 Å². The third-order valence-electron chi connectivity index (χ3n) is 5.18. The Hall–Kier alpha value is -4.63. The summed E-state index contributed by atoms with van der Waals surface area (Å²) in [6.45, 7) is 1.93. The van der Waals surface area contributed by atoms with Crippen LogP contribution in [-0.2, 0) is 16.1 Å². The van der Waals surface area contributed by atoms with Crippen molar-refractivity contribution in [3.8, 4) is 17.9 Å². The predicted molar refractivity (Wildman–Crippen MR) is 125 cm³/mol. The van der Waals surface area contributed by atoms with E-state index < -0.39 is 24.1 Å². The van der Waals surface area contributed by atoms with Gasteiger partial charge in [0, 0.05) is 30.6 Å². The van der Waals surface area contributed by atoms with Crippen molar-refractivity contribution in [2.45, 2.75) is 26.4 Å². The van der Waals surface area contributed by atoms with Gasteiger partial charge in [-0.3, -0.25) is 4.79 Å². The van der Waals surface area contributed by atoms with E-state index >= 15 is 0 Å². The SMILES string of the molecule is Cc1cc(=O)oc2cc(OCc3ccc(C(=O)OCC(=O)N(CCC#N)CCC#N)cc3)ccc12. The van der Waals surface area contributed by atoms with E-state index in [1.165, 1.54) is 11.0 Å². The fraction of sp³-hybridized carbons (Fsp3) is 0.269. The Bertz CT molecular complexity index is 1330. The first kappa shape index (κ1) is 25.0. The van der Waals surface area contributed by atoms with E-state index in [4.69, 9.17) is 24.4 Å². The Morgan fingerprint density at radius 3 is 2.34 bits per heavy atom. The first-order valence-corrected chi connectivity index (χ1v) is 10.9. The molecule has 35 heavy (non-hydrogen) atoms. The summed E-state index contributed by atoms with van der Waals surface area (Å²) in [6.07, 6.45) is 0.254. The number of rotatable bonds is 10. The van der Waals surface area contributed by atoms with Crippen LogP contribution in [0.15, 0.2) is 57.7 Å². The molecule has 0 aliphatic heterocycles. The van der Waals surface area contributed by atoms with Crippen LogP contribution >= 0.6 is 0 Å². The molecule has 1 amide bonds. The van der Waals surface area contributed by atoms with Crippen LogP contribution in [0.4, 0.5) is 0 Å². The first-order chi connectivity index (χ1) is 16.9. The van der Waals surface area contributed by atoms with Crippen molar-refractivity contribution < 1.29 is 23.5 Å². The highest BCUT2D eigenvalue weighted by Gasteiger charge is 2.16. The lowest BCUT2D eigenvalue weighted by molar-refractivity contribution is -0.134. The predicted octanol–water partition coefficient (Wildman–Crippen LogP) is 3.49. The van der Waals surface area contributed by atoms with Gasteiger partial charge < -0.3 is 18.8 Å². The molecular formula is C26H23N3O6. The fourth-order valence-corrected chi connectivity index (χ4v) is 3.33. The number of ether oxygens (including phenoxy) is 2. The Balaban J connectivity index is 1.54. The van der Waals surface area contributed by atoms with Crippen LogP contribution in [0.2, 0.25) is 0 Å². The van der Waals surface area contributed by atoms with E-state index in [0.29, 0.717) is 11.3 Å². The van der Waals surface area contributed by atoms with Gasteiger partial charge in [0.25, 0.3) is 5.91 Å². The van der Waals surface area contributed by atoms with Gasteiger partial charge in [-0.25, -0.2) is 9.59 Å². The third kappa shape index (κ3) is 6.92. The number of benzene rings is 2. The second kappa shape index (κ2) is 12.0. The van der Waals surface area contributed by atoms with Gasteiger partial charge in [-0.2, -0.15) is 10.5 Å². The minimum Gasteiger partial charge on any atom is -0.489 e. The summed E-state index contributed by atoms with van der Waals surface area (Å²) in [4.78, 5) is 37.5. The van der Waals surface area contributed by atoms with Crippen LogP contribution in [0.1, 0.15) is 34.3 Å². The van der Waals surface area contributed by atoms with Crippen molar-refractivity contribution in [3.05, 3.63) is 75.6 Å². The summed E-state index contributed by atoms with van der Waals surface area (Å²) in [5.41, 5.74) is 1.91. The van der Waals surface area contributed by atoms with Crippen LogP contribution in [-0.4, -0.2) is 36.5 Å². The number of nitriles is 2. The normalized spacial score (nSPS) is 10.3. The molecule has 3 rings (SSSR count). The molecule has 0 aliphatic rings. The molecule has 0 aliphatic carbocycles. The number of hydrogen-bond donors (Lipinski definition) is 0.